The van der Waals surface area contributed by atoms with Crippen LogP contribution in [0.15, 0.2) is 48.5 Å². The molecule has 0 bridgehead atoms. The highest BCUT2D eigenvalue weighted by molar-refractivity contribution is 5.35. The lowest BCUT2D eigenvalue weighted by Crippen LogP contribution is -2.04. The highest BCUT2D eigenvalue weighted by Crippen LogP contribution is 2.26. The molecule has 0 aliphatic rings. The van der Waals surface area contributed by atoms with Crippen LogP contribution >= 0.6 is 0 Å². The van der Waals surface area contributed by atoms with Gasteiger partial charge in [-0.15, -0.1) is 0 Å². The fourth-order valence-corrected chi connectivity index (χ4v) is 2.59. The Morgan fingerprint density at radius 3 is 2.61 bits per heavy atom. The Morgan fingerprint density at radius 2 is 1.91 bits per heavy atom. The molecule has 0 saturated heterocycles. The normalized spacial score (nSPS) is 12.0. The number of halogens is 1. The molecule has 0 heterocycles. The number of nitrogens with zero attached hydrogens (tertiary/aromatic N) is 1. The fraction of sp³-hybridized carbons (Fsp3) is 0.350. The number of rotatable bonds is 7. The molecule has 23 heavy (non-hydrogen) atoms. The summed E-state index contributed by atoms with van der Waals surface area (Å²) in [6, 6.07) is 16.5. The van der Waals surface area contributed by atoms with Gasteiger partial charge in [0, 0.05) is 0 Å². The monoisotopic (exact) mass is 311 g/mol. The van der Waals surface area contributed by atoms with Gasteiger partial charge < -0.3 is 4.74 Å². The largest absolute Gasteiger partial charge is 0.493 e. The summed E-state index contributed by atoms with van der Waals surface area (Å²) in [6.45, 7) is 4.83. The van der Waals surface area contributed by atoms with Gasteiger partial charge in [0.1, 0.15) is 11.6 Å². The average molecular weight is 311 g/mol. The molecule has 0 fully saturated rings. The van der Waals surface area contributed by atoms with Crippen LogP contribution in [0.2, 0.25) is 0 Å². The molecule has 0 radical (unpaired) electrons. The zero-order valence-corrected chi connectivity index (χ0v) is 13.6. The van der Waals surface area contributed by atoms with Crippen molar-refractivity contribution in [2.75, 3.05) is 6.61 Å². The molecule has 0 aromatic heterocycles. The lowest BCUT2D eigenvalue weighted by Gasteiger charge is -2.14. The van der Waals surface area contributed by atoms with Gasteiger partial charge in [0.2, 0.25) is 0 Å². The maximum Gasteiger partial charge on any atom is 0.123 e. The summed E-state index contributed by atoms with van der Waals surface area (Å²) in [7, 11) is 0. The summed E-state index contributed by atoms with van der Waals surface area (Å²) in [5.74, 6) is 0.714. The predicted octanol–water partition coefficient (Wildman–Crippen LogP) is 5.42. The minimum Gasteiger partial charge on any atom is -0.493 e. The Bertz CT molecular complexity index is 675. The summed E-state index contributed by atoms with van der Waals surface area (Å²) >= 11 is 0. The van der Waals surface area contributed by atoms with Gasteiger partial charge in [-0.25, -0.2) is 4.39 Å². The van der Waals surface area contributed by atoms with E-state index in [4.69, 9.17) is 4.74 Å². The SMILES string of the molecule is CC(C)c1ccccc1OCCCC(C#N)c1cccc(F)c1. The van der Waals surface area contributed by atoms with Crippen LogP contribution in [0.4, 0.5) is 4.39 Å². The van der Waals surface area contributed by atoms with Crippen LogP contribution in [0.25, 0.3) is 0 Å². The lowest BCUT2D eigenvalue weighted by atomic mass is 9.96. The van der Waals surface area contributed by atoms with E-state index in [-0.39, 0.29) is 11.7 Å². The number of hydrogen-bond acceptors (Lipinski definition) is 2. The molecule has 2 aromatic rings. The molecule has 0 aliphatic carbocycles. The lowest BCUT2D eigenvalue weighted by molar-refractivity contribution is 0.301. The van der Waals surface area contributed by atoms with Crippen molar-refractivity contribution >= 4 is 0 Å². The summed E-state index contributed by atoms with van der Waals surface area (Å²) in [4.78, 5) is 0. The van der Waals surface area contributed by atoms with E-state index in [0.717, 1.165) is 17.7 Å². The van der Waals surface area contributed by atoms with Crippen LogP contribution in [0.1, 0.15) is 49.7 Å². The van der Waals surface area contributed by atoms with E-state index in [1.165, 1.54) is 17.7 Å². The molecule has 3 heteroatoms. The van der Waals surface area contributed by atoms with Gasteiger partial charge >= 0.3 is 0 Å². The number of benzene rings is 2. The van der Waals surface area contributed by atoms with Gasteiger partial charge in [0.25, 0.3) is 0 Å². The van der Waals surface area contributed by atoms with Crippen molar-refractivity contribution in [2.24, 2.45) is 0 Å². The van der Waals surface area contributed by atoms with Crippen LogP contribution < -0.4 is 4.74 Å². The maximum absolute atomic E-state index is 13.3. The molecule has 2 nitrogen and oxygen atoms in total. The second-order valence-electron chi connectivity index (χ2n) is 5.92. The maximum atomic E-state index is 13.3. The second kappa shape index (κ2) is 8.33. The zero-order valence-electron chi connectivity index (χ0n) is 13.6. The molecule has 0 spiro atoms. The third-order valence-electron chi connectivity index (χ3n) is 3.84. The van der Waals surface area contributed by atoms with Gasteiger partial charge in [-0.3, -0.25) is 0 Å². The van der Waals surface area contributed by atoms with Crippen molar-refractivity contribution in [3.8, 4) is 11.8 Å². The Labute approximate surface area is 137 Å². The molecule has 0 N–H and O–H groups in total. The molecular weight excluding hydrogens is 289 g/mol. The quantitative estimate of drug-likeness (QED) is 0.640. The molecular formula is C20H22FNO. The van der Waals surface area contributed by atoms with E-state index in [1.807, 2.05) is 18.2 Å². The van der Waals surface area contributed by atoms with Gasteiger partial charge in [-0.1, -0.05) is 44.2 Å². The topological polar surface area (TPSA) is 33.0 Å². The van der Waals surface area contributed by atoms with E-state index in [2.05, 4.69) is 26.0 Å². The minimum atomic E-state index is -0.301. The molecule has 0 saturated carbocycles. The summed E-state index contributed by atoms with van der Waals surface area (Å²) in [5.41, 5.74) is 1.92. The summed E-state index contributed by atoms with van der Waals surface area (Å²) in [5, 5.41) is 9.29. The third-order valence-corrected chi connectivity index (χ3v) is 3.84. The first-order chi connectivity index (χ1) is 11.1. The molecule has 1 unspecified atom stereocenters. The fourth-order valence-electron chi connectivity index (χ4n) is 2.59. The number of ether oxygens (including phenoxy) is 1. The highest BCUT2D eigenvalue weighted by Gasteiger charge is 2.12. The predicted molar refractivity (Wildman–Crippen MR) is 90.0 cm³/mol. The van der Waals surface area contributed by atoms with Crippen molar-refractivity contribution in [1.82, 2.24) is 0 Å². The summed E-state index contributed by atoms with van der Waals surface area (Å²) in [6.07, 6.45) is 1.41. The van der Waals surface area contributed by atoms with Crippen molar-refractivity contribution in [3.63, 3.8) is 0 Å². The van der Waals surface area contributed by atoms with E-state index in [1.54, 1.807) is 12.1 Å². The van der Waals surface area contributed by atoms with Crippen LogP contribution in [0.5, 0.6) is 5.75 Å². The van der Waals surface area contributed by atoms with E-state index in [9.17, 15) is 9.65 Å². The second-order valence-corrected chi connectivity index (χ2v) is 5.92. The molecule has 1 atom stereocenters. The first kappa shape index (κ1) is 17.0. The van der Waals surface area contributed by atoms with E-state index in [0.29, 0.717) is 18.9 Å². The van der Waals surface area contributed by atoms with E-state index >= 15 is 0 Å². The zero-order chi connectivity index (χ0) is 16.7. The number of para-hydroxylation sites is 1. The van der Waals surface area contributed by atoms with Gasteiger partial charge in [0.15, 0.2) is 0 Å². The molecule has 2 rings (SSSR count). The summed E-state index contributed by atoms with van der Waals surface area (Å²) < 4.78 is 19.1. The molecule has 0 amide bonds. The first-order valence-corrected chi connectivity index (χ1v) is 7.98. The number of nitriles is 1. The molecule has 2 aromatic carbocycles. The van der Waals surface area contributed by atoms with Crippen molar-refractivity contribution in [2.45, 2.75) is 38.5 Å². The van der Waals surface area contributed by atoms with Gasteiger partial charge in [-0.05, 0) is 48.1 Å². The Morgan fingerprint density at radius 1 is 1.13 bits per heavy atom. The highest BCUT2D eigenvalue weighted by atomic mass is 19.1. The Kier molecular flexibility index (Phi) is 6.17. The van der Waals surface area contributed by atoms with Crippen molar-refractivity contribution in [3.05, 3.63) is 65.5 Å². The van der Waals surface area contributed by atoms with Crippen LogP contribution in [0, 0.1) is 17.1 Å². The minimum absolute atomic E-state index is 0.297. The molecule has 0 aliphatic heterocycles. The van der Waals surface area contributed by atoms with Crippen LogP contribution in [-0.4, -0.2) is 6.61 Å². The molecule has 120 valence electrons. The van der Waals surface area contributed by atoms with Crippen molar-refractivity contribution < 1.29 is 9.13 Å². The standard InChI is InChI=1S/C20H22FNO/c1-15(2)19-10-3-4-11-20(19)23-12-6-8-17(14-22)16-7-5-9-18(21)13-16/h3-5,7,9-11,13,15,17H,6,8,12H2,1-2H3. The van der Waals surface area contributed by atoms with Gasteiger partial charge in [-0.2, -0.15) is 5.26 Å². The Hall–Kier alpha value is -2.34. The number of hydrogen-bond donors (Lipinski definition) is 0. The Balaban J connectivity index is 1.89. The van der Waals surface area contributed by atoms with E-state index < -0.39 is 0 Å². The van der Waals surface area contributed by atoms with Crippen LogP contribution in [-0.2, 0) is 0 Å². The van der Waals surface area contributed by atoms with Crippen LogP contribution in [0.3, 0.4) is 0 Å². The van der Waals surface area contributed by atoms with Crippen molar-refractivity contribution in [1.29, 1.82) is 5.26 Å². The third kappa shape index (κ3) is 4.82. The smallest absolute Gasteiger partial charge is 0.123 e. The van der Waals surface area contributed by atoms with Gasteiger partial charge in [0.05, 0.1) is 18.6 Å². The first-order valence-electron chi connectivity index (χ1n) is 7.98. The average Bonchev–Trinajstić information content (AvgIpc) is 2.55.